The summed E-state index contributed by atoms with van der Waals surface area (Å²) in [5.41, 5.74) is 2.31. The number of aliphatic hydroxyl groups is 1. The first kappa shape index (κ1) is 19.6. The second kappa shape index (κ2) is 8.02. The standard InChI is InChI=1S/C24H25BO5/c26-23-20-7-5-13-28-22(20)19-6-1-2-8-21(19)24(23,27)16-17-9-11-18(12-10-17)25-29-14-3-4-15-30-25/h1-2,6,8-12,27H,3-5,7,13-16H2. The number of ketones is 1. The second-order valence-corrected chi connectivity index (χ2v) is 8.19. The minimum Gasteiger partial charge on any atom is -0.493 e. The highest BCUT2D eigenvalue weighted by molar-refractivity contribution is 6.61. The molecule has 1 unspecified atom stereocenters. The summed E-state index contributed by atoms with van der Waals surface area (Å²) < 4.78 is 17.4. The number of Topliss-reactive ketones (excluding diaryl/α,β-unsaturated/α-hetero) is 1. The molecular formula is C24H25BO5. The molecule has 1 fully saturated rings. The summed E-state index contributed by atoms with van der Waals surface area (Å²) in [7, 11) is -0.353. The van der Waals surface area contributed by atoms with E-state index in [1.807, 2.05) is 48.5 Å². The Morgan fingerprint density at radius 3 is 2.43 bits per heavy atom. The zero-order chi connectivity index (χ0) is 20.6. The summed E-state index contributed by atoms with van der Waals surface area (Å²) >= 11 is 0. The second-order valence-electron chi connectivity index (χ2n) is 8.19. The molecule has 1 N–H and O–H groups in total. The van der Waals surface area contributed by atoms with Crippen molar-refractivity contribution < 1.29 is 23.9 Å². The van der Waals surface area contributed by atoms with Gasteiger partial charge in [-0.25, -0.2) is 0 Å². The molecule has 1 saturated heterocycles. The first-order valence-electron chi connectivity index (χ1n) is 10.7. The molecule has 2 aliphatic heterocycles. The van der Waals surface area contributed by atoms with Crippen LogP contribution in [0.15, 0.2) is 54.1 Å². The minimum absolute atomic E-state index is 0.215. The Morgan fingerprint density at radius 2 is 1.67 bits per heavy atom. The number of carbonyl (C=O) groups is 1. The van der Waals surface area contributed by atoms with Crippen LogP contribution in [0.4, 0.5) is 0 Å². The van der Waals surface area contributed by atoms with E-state index in [0.29, 0.717) is 43.1 Å². The Balaban J connectivity index is 1.45. The van der Waals surface area contributed by atoms with E-state index in [1.165, 1.54) is 0 Å². The zero-order valence-electron chi connectivity index (χ0n) is 16.9. The van der Waals surface area contributed by atoms with Crippen LogP contribution in [0.5, 0.6) is 0 Å². The number of rotatable bonds is 3. The molecule has 0 radical (unpaired) electrons. The summed E-state index contributed by atoms with van der Waals surface area (Å²) in [6.07, 6.45) is 3.65. The normalized spacial score (nSPS) is 24.0. The van der Waals surface area contributed by atoms with Crippen molar-refractivity contribution in [3.63, 3.8) is 0 Å². The van der Waals surface area contributed by atoms with Gasteiger partial charge in [-0.1, -0.05) is 48.5 Å². The van der Waals surface area contributed by atoms with Crippen molar-refractivity contribution in [2.45, 2.75) is 37.7 Å². The maximum absolute atomic E-state index is 13.4. The van der Waals surface area contributed by atoms with Crippen molar-refractivity contribution in [1.29, 1.82) is 0 Å². The van der Waals surface area contributed by atoms with Crippen LogP contribution >= 0.6 is 0 Å². The highest BCUT2D eigenvalue weighted by atomic mass is 16.6. The molecular weight excluding hydrogens is 379 g/mol. The summed E-state index contributed by atoms with van der Waals surface area (Å²) in [4.78, 5) is 13.4. The lowest BCUT2D eigenvalue weighted by Gasteiger charge is -2.37. The van der Waals surface area contributed by atoms with E-state index in [4.69, 9.17) is 14.0 Å². The van der Waals surface area contributed by atoms with Gasteiger partial charge >= 0.3 is 7.12 Å². The molecule has 2 aromatic rings. The van der Waals surface area contributed by atoms with Crippen LogP contribution in [-0.4, -0.2) is 37.8 Å². The molecule has 1 atom stereocenters. The van der Waals surface area contributed by atoms with E-state index in [2.05, 4.69) is 0 Å². The maximum Gasteiger partial charge on any atom is 0.493 e. The zero-order valence-corrected chi connectivity index (χ0v) is 16.9. The summed E-state index contributed by atoms with van der Waals surface area (Å²) in [6.45, 7) is 1.99. The Hall–Kier alpha value is -2.41. The van der Waals surface area contributed by atoms with Crippen molar-refractivity contribution in [3.8, 4) is 0 Å². The highest BCUT2D eigenvalue weighted by Gasteiger charge is 2.47. The predicted molar refractivity (Wildman–Crippen MR) is 114 cm³/mol. The summed E-state index contributed by atoms with van der Waals surface area (Å²) in [6, 6.07) is 15.3. The van der Waals surface area contributed by atoms with Gasteiger partial charge in [-0.2, -0.15) is 0 Å². The largest absolute Gasteiger partial charge is 0.493 e. The third-order valence-electron chi connectivity index (χ3n) is 6.15. The fourth-order valence-electron chi connectivity index (χ4n) is 4.58. The third kappa shape index (κ3) is 3.39. The van der Waals surface area contributed by atoms with Crippen molar-refractivity contribution in [2.24, 2.45) is 0 Å². The average Bonchev–Trinajstić information content (AvgIpc) is 3.08. The molecule has 0 aromatic heterocycles. The Morgan fingerprint density at radius 1 is 0.933 bits per heavy atom. The number of ether oxygens (including phenoxy) is 1. The van der Waals surface area contributed by atoms with Crippen LogP contribution in [0.2, 0.25) is 0 Å². The Kier molecular flexibility index (Phi) is 5.23. The third-order valence-corrected chi connectivity index (χ3v) is 6.15. The molecule has 0 spiro atoms. The fourth-order valence-corrected chi connectivity index (χ4v) is 4.58. The van der Waals surface area contributed by atoms with Gasteiger partial charge in [-0.15, -0.1) is 0 Å². The van der Waals surface area contributed by atoms with Crippen LogP contribution in [0.25, 0.3) is 5.76 Å². The van der Waals surface area contributed by atoms with Crippen molar-refractivity contribution in [3.05, 3.63) is 70.8 Å². The van der Waals surface area contributed by atoms with Crippen LogP contribution in [0.1, 0.15) is 42.4 Å². The summed E-state index contributed by atoms with van der Waals surface area (Å²) in [5, 5.41) is 11.7. The van der Waals surface area contributed by atoms with Gasteiger partial charge in [0.05, 0.1) is 6.61 Å². The first-order valence-corrected chi connectivity index (χ1v) is 10.7. The Labute approximate surface area is 176 Å². The molecule has 0 amide bonds. The van der Waals surface area contributed by atoms with Gasteiger partial charge in [0.25, 0.3) is 0 Å². The number of fused-ring (bicyclic) bond motifs is 2. The smallest absolute Gasteiger partial charge is 0.493 e. The number of benzene rings is 2. The molecule has 5 rings (SSSR count). The van der Waals surface area contributed by atoms with E-state index in [0.717, 1.165) is 35.9 Å². The molecule has 0 bridgehead atoms. The molecule has 6 heteroatoms. The van der Waals surface area contributed by atoms with Gasteiger partial charge in [-0.3, -0.25) is 4.79 Å². The van der Waals surface area contributed by atoms with E-state index in [1.54, 1.807) is 0 Å². The predicted octanol–water partition coefficient (Wildman–Crippen LogP) is 2.74. The number of hydrogen-bond donors (Lipinski definition) is 1. The highest BCUT2D eigenvalue weighted by Crippen LogP contribution is 2.44. The number of hydrogen-bond acceptors (Lipinski definition) is 5. The lowest BCUT2D eigenvalue weighted by Crippen LogP contribution is -2.43. The summed E-state index contributed by atoms with van der Waals surface area (Å²) in [5.74, 6) is 0.403. The van der Waals surface area contributed by atoms with E-state index < -0.39 is 5.60 Å². The van der Waals surface area contributed by atoms with Gasteiger partial charge in [0, 0.05) is 36.3 Å². The molecule has 154 valence electrons. The minimum atomic E-state index is -1.59. The first-order chi connectivity index (χ1) is 14.7. The monoisotopic (exact) mass is 404 g/mol. The molecule has 0 saturated carbocycles. The van der Waals surface area contributed by atoms with Crippen LogP contribution in [0, 0.1) is 0 Å². The van der Waals surface area contributed by atoms with E-state index in [-0.39, 0.29) is 19.3 Å². The van der Waals surface area contributed by atoms with Gasteiger partial charge in [-0.05, 0) is 36.7 Å². The van der Waals surface area contributed by atoms with Crippen LogP contribution < -0.4 is 5.46 Å². The maximum atomic E-state index is 13.4. The molecule has 2 heterocycles. The van der Waals surface area contributed by atoms with Gasteiger partial charge in [0.2, 0.25) is 0 Å². The molecule has 1 aliphatic carbocycles. The molecule has 3 aliphatic rings. The lowest BCUT2D eigenvalue weighted by molar-refractivity contribution is -0.135. The van der Waals surface area contributed by atoms with Gasteiger partial charge in [0.15, 0.2) is 11.4 Å². The van der Waals surface area contributed by atoms with E-state index >= 15 is 0 Å². The fraction of sp³-hybridized carbons (Fsp3) is 0.375. The molecule has 2 aromatic carbocycles. The number of carbonyl (C=O) groups excluding carboxylic acids is 1. The van der Waals surface area contributed by atoms with Gasteiger partial charge in [0.1, 0.15) is 5.76 Å². The van der Waals surface area contributed by atoms with Crippen LogP contribution in [0.3, 0.4) is 0 Å². The lowest BCUT2D eigenvalue weighted by atomic mass is 9.72. The van der Waals surface area contributed by atoms with Crippen LogP contribution in [-0.2, 0) is 30.9 Å². The molecule has 30 heavy (non-hydrogen) atoms. The van der Waals surface area contributed by atoms with E-state index in [9.17, 15) is 9.90 Å². The average molecular weight is 404 g/mol. The van der Waals surface area contributed by atoms with Crippen molar-refractivity contribution in [2.75, 3.05) is 19.8 Å². The van der Waals surface area contributed by atoms with Crippen molar-refractivity contribution in [1.82, 2.24) is 0 Å². The SMILES string of the molecule is O=C1C2=C(OCCC2)c2ccccc2C1(O)Cc1ccc(B2OCCCCO2)cc1. The molecule has 5 nitrogen and oxygen atoms in total. The Bertz CT molecular complexity index is 975. The van der Waals surface area contributed by atoms with Gasteiger partial charge < -0.3 is 19.2 Å². The quantitative estimate of drug-likeness (QED) is 0.798. The topological polar surface area (TPSA) is 65.0 Å². The van der Waals surface area contributed by atoms with Crippen molar-refractivity contribution >= 4 is 24.1 Å².